The van der Waals surface area contributed by atoms with Crippen LogP contribution in [0.3, 0.4) is 0 Å². The lowest BCUT2D eigenvalue weighted by atomic mass is 9.96. The molecule has 136 valence electrons. The van der Waals surface area contributed by atoms with Crippen LogP contribution in [0.5, 0.6) is 5.75 Å². The first kappa shape index (κ1) is 17.6. The van der Waals surface area contributed by atoms with Crippen LogP contribution in [-0.4, -0.2) is 21.9 Å². The van der Waals surface area contributed by atoms with E-state index in [1.807, 2.05) is 23.5 Å². The Labute approximate surface area is 162 Å². The molecule has 1 aromatic carbocycles. The highest BCUT2D eigenvalue weighted by molar-refractivity contribution is 7.98. The average molecular weight is 386 g/mol. The van der Waals surface area contributed by atoms with Crippen molar-refractivity contribution in [1.29, 1.82) is 0 Å². The van der Waals surface area contributed by atoms with Gasteiger partial charge < -0.3 is 9.30 Å². The van der Waals surface area contributed by atoms with E-state index >= 15 is 0 Å². The van der Waals surface area contributed by atoms with E-state index in [0.717, 1.165) is 29.0 Å². The number of rotatable bonds is 6. The molecule has 0 radical (unpaired) electrons. The van der Waals surface area contributed by atoms with Gasteiger partial charge in [0.1, 0.15) is 5.75 Å². The van der Waals surface area contributed by atoms with Gasteiger partial charge in [-0.1, -0.05) is 23.9 Å². The van der Waals surface area contributed by atoms with Crippen LogP contribution < -0.4 is 4.74 Å². The van der Waals surface area contributed by atoms with E-state index in [4.69, 9.17) is 4.74 Å². The first-order valence-electron chi connectivity index (χ1n) is 9.08. The number of thioether (sulfide) groups is 1. The zero-order chi connectivity index (χ0) is 17.9. The van der Waals surface area contributed by atoms with Crippen molar-refractivity contribution in [2.24, 2.45) is 0 Å². The summed E-state index contributed by atoms with van der Waals surface area (Å²) in [6, 6.07) is 8.21. The van der Waals surface area contributed by atoms with Crippen molar-refractivity contribution >= 4 is 23.1 Å². The molecule has 26 heavy (non-hydrogen) atoms. The molecule has 0 spiro atoms. The Morgan fingerprint density at radius 2 is 2.12 bits per heavy atom. The summed E-state index contributed by atoms with van der Waals surface area (Å²) in [4.78, 5) is 1.54. The van der Waals surface area contributed by atoms with Crippen molar-refractivity contribution in [3.05, 3.63) is 45.6 Å². The zero-order valence-corrected chi connectivity index (χ0v) is 16.8. The quantitative estimate of drug-likeness (QED) is 0.546. The van der Waals surface area contributed by atoms with E-state index in [1.54, 1.807) is 23.7 Å². The monoisotopic (exact) mass is 385 g/mol. The van der Waals surface area contributed by atoms with Crippen molar-refractivity contribution in [3.8, 4) is 17.1 Å². The maximum atomic E-state index is 5.32. The SMILES string of the molecule is CCn1c(SCc2cccc(OC)c2)nnc1-c1csc2c1CCCC2. The third kappa shape index (κ3) is 3.40. The van der Waals surface area contributed by atoms with Crippen molar-refractivity contribution in [2.45, 2.75) is 50.1 Å². The fourth-order valence-corrected chi connectivity index (χ4v) is 5.54. The summed E-state index contributed by atoms with van der Waals surface area (Å²) >= 11 is 3.62. The van der Waals surface area contributed by atoms with Gasteiger partial charge in [0, 0.05) is 28.1 Å². The van der Waals surface area contributed by atoms with Gasteiger partial charge in [0.15, 0.2) is 11.0 Å². The van der Waals surface area contributed by atoms with E-state index < -0.39 is 0 Å². The lowest BCUT2D eigenvalue weighted by molar-refractivity contribution is 0.414. The summed E-state index contributed by atoms with van der Waals surface area (Å²) < 4.78 is 7.57. The van der Waals surface area contributed by atoms with Gasteiger partial charge >= 0.3 is 0 Å². The molecule has 2 aromatic heterocycles. The molecule has 0 unspecified atom stereocenters. The summed E-state index contributed by atoms with van der Waals surface area (Å²) in [5, 5.41) is 12.3. The highest BCUT2D eigenvalue weighted by Crippen LogP contribution is 2.37. The number of thiophene rings is 1. The molecule has 4 rings (SSSR count). The number of hydrogen-bond donors (Lipinski definition) is 0. The topological polar surface area (TPSA) is 39.9 Å². The summed E-state index contributed by atoms with van der Waals surface area (Å²) in [6.45, 7) is 3.05. The van der Waals surface area contributed by atoms with Crippen LogP contribution in [0.15, 0.2) is 34.8 Å². The van der Waals surface area contributed by atoms with Crippen molar-refractivity contribution in [3.63, 3.8) is 0 Å². The second-order valence-corrected chi connectivity index (χ2v) is 8.36. The Kier molecular flexibility index (Phi) is 5.31. The van der Waals surface area contributed by atoms with Gasteiger partial charge in [-0.25, -0.2) is 0 Å². The Balaban J connectivity index is 1.58. The Bertz CT molecular complexity index is 900. The normalized spacial score (nSPS) is 13.6. The first-order chi connectivity index (χ1) is 12.8. The summed E-state index contributed by atoms with van der Waals surface area (Å²) in [6.07, 6.45) is 5.00. The van der Waals surface area contributed by atoms with E-state index in [1.165, 1.54) is 42.4 Å². The lowest BCUT2D eigenvalue weighted by Crippen LogP contribution is -2.03. The third-order valence-electron chi connectivity index (χ3n) is 4.84. The largest absolute Gasteiger partial charge is 0.497 e. The van der Waals surface area contributed by atoms with Crippen molar-refractivity contribution in [2.75, 3.05) is 7.11 Å². The number of aromatic nitrogens is 3. The predicted octanol–water partition coefficient (Wildman–Crippen LogP) is 5.21. The number of benzene rings is 1. The second-order valence-electron chi connectivity index (χ2n) is 6.45. The zero-order valence-electron chi connectivity index (χ0n) is 15.2. The van der Waals surface area contributed by atoms with Gasteiger partial charge in [-0.05, 0) is 55.9 Å². The van der Waals surface area contributed by atoms with E-state index in [2.05, 4.69) is 39.2 Å². The van der Waals surface area contributed by atoms with Crippen LogP contribution in [0.4, 0.5) is 0 Å². The van der Waals surface area contributed by atoms with Gasteiger partial charge in [0.25, 0.3) is 0 Å². The smallest absolute Gasteiger partial charge is 0.191 e. The molecule has 6 heteroatoms. The molecule has 0 N–H and O–H groups in total. The molecule has 1 aliphatic carbocycles. The minimum atomic E-state index is 0.858. The summed E-state index contributed by atoms with van der Waals surface area (Å²) in [7, 11) is 1.70. The fourth-order valence-electron chi connectivity index (χ4n) is 3.47. The standard InChI is InChI=1S/C20H23N3OS2/c1-3-23-19(17-13-25-18-10-5-4-9-16(17)18)21-22-20(23)26-12-14-7-6-8-15(11-14)24-2/h6-8,11,13H,3-5,9-10,12H2,1-2H3. The minimum Gasteiger partial charge on any atom is -0.497 e. The molecular weight excluding hydrogens is 362 g/mol. The second kappa shape index (κ2) is 7.84. The predicted molar refractivity (Wildman–Crippen MR) is 108 cm³/mol. The molecular formula is C20H23N3OS2. The van der Waals surface area contributed by atoms with Crippen LogP contribution in [0.1, 0.15) is 35.8 Å². The lowest BCUT2D eigenvalue weighted by Gasteiger charge is -2.13. The molecule has 0 amide bonds. The Hall–Kier alpha value is -1.79. The van der Waals surface area contributed by atoms with E-state index in [-0.39, 0.29) is 0 Å². The van der Waals surface area contributed by atoms with E-state index in [0.29, 0.717) is 0 Å². The Morgan fingerprint density at radius 3 is 2.96 bits per heavy atom. The molecule has 2 heterocycles. The van der Waals surface area contributed by atoms with Crippen molar-refractivity contribution in [1.82, 2.24) is 14.8 Å². The molecule has 0 atom stereocenters. The van der Waals surface area contributed by atoms with Gasteiger partial charge in [-0.15, -0.1) is 21.5 Å². The number of hydrogen-bond acceptors (Lipinski definition) is 5. The molecule has 4 nitrogen and oxygen atoms in total. The number of methoxy groups -OCH3 is 1. The Morgan fingerprint density at radius 1 is 1.23 bits per heavy atom. The number of aryl methyl sites for hydroxylation is 1. The van der Waals surface area contributed by atoms with Crippen LogP contribution in [0, 0.1) is 0 Å². The van der Waals surface area contributed by atoms with Crippen LogP contribution in [0.25, 0.3) is 11.4 Å². The molecule has 0 saturated carbocycles. The number of ether oxygens (including phenoxy) is 1. The van der Waals surface area contributed by atoms with Gasteiger partial charge in [0.05, 0.1) is 7.11 Å². The first-order valence-corrected chi connectivity index (χ1v) is 10.9. The fraction of sp³-hybridized carbons (Fsp3) is 0.400. The average Bonchev–Trinajstić information content (AvgIpc) is 3.29. The maximum Gasteiger partial charge on any atom is 0.191 e. The van der Waals surface area contributed by atoms with Gasteiger partial charge in [0.2, 0.25) is 0 Å². The highest BCUT2D eigenvalue weighted by Gasteiger charge is 2.21. The van der Waals surface area contributed by atoms with Gasteiger partial charge in [-0.2, -0.15) is 0 Å². The molecule has 0 aliphatic heterocycles. The van der Waals surface area contributed by atoms with Gasteiger partial charge in [-0.3, -0.25) is 0 Å². The third-order valence-corrected chi connectivity index (χ3v) is 6.96. The summed E-state index contributed by atoms with van der Waals surface area (Å²) in [5.41, 5.74) is 4.04. The molecule has 0 bridgehead atoms. The molecule has 0 fully saturated rings. The number of fused-ring (bicyclic) bond motifs is 1. The minimum absolute atomic E-state index is 0.858. The maximum absolute atomic E-state index is 5.32. The molecule has 1 aliphatic rings. The van der Waals surface area contributed by atoms with Crippen LogP contribution in [-0.2, 0) is 25.1 Å². The van der Waals surface area contributed by atoms with Crippen LogP contribution in [0.2, 0.25) is 0 Å². The molecule has 0 saturated heterocycles. The van der Waals surface area contributed by atoms with E-state index in [9.17, 15) is 0 Å². The number of nitrogens with zero attached hydrogens (tertiary/aromatic N) is 3. The van der Waals surface area contributed by atoms with Crippen molar-refractivity contribution < 1.29 is 4.74 Å². The van der Waals surface area contributed by atoms with Crippen LogP contribution >= 0.6 is 23.1 Å². The molecule has 3 aromatic rings. The highest BCUT2D eigenvalue weighted by atomic mass is 32.2. The summed E-state index contributed by atoms with van der Waals surface area (Å²) in [5.74, 6) is 2.78.